The lowest BCUT2D eigenvalue weighted by Crippen LogP contribution is -2.12. The van der Waals surface area contributed by atoms with Crippen LogP contribution in [0.15, 0.2) is 30.5 Å². The standard InChI is InChI=1S/C17H19N5O2S/c1-10(2)19-16-14-5-6-18-15(14)21-17(22-16)20-13-4-3-11-8-25(23,24)9-12(11)7-13/h3-7,10H,8-9H2,1-2H3,(H3,18,19,20,21,22). The molecule has 0 atom stereocenters. The van der Waals surface area contributed by atoms with Gasteiger partial charge >= 0.3 is 0 Å². The Morgan fingerprint density at radius 1 is 1.12 bits per heavy atom. The Hall–Kier alpha value is -2.61. The number of aromatic nitrogens is 3. The van der Waals surface area contributed by atoms with Gasteiger partial charge in [0.25, 0.3) is 0 Å². The van der Waals surface area contributed by atoms with Crippen LogP contribution in [-0.2, 0) is 21.3 Å². The molecule has 0 aliphatic carbocycles. The Morgan fingerprint density at radius 2 is 1.92 bits per heavy atom. The highest BCUT2D eigenvalue weighted by Crippen LogP contribution is 2.29. The zero-order valence-electron chi connectivity index (χ0n) is 14.0. The molecule has 0 amide bonds. The van der Waals surface area contributed by atoms with E-state index < -0.39 is 9.84 Å². The molecule has 3 N–H and O–H groups in total. The van der Waals surface area contributed by atoms with Crippen LogP contribution in [0, 0.1) is 0 Å². The van der Waals surface area contributed by atoms with Crippen molar-refractivity contribution < 1.29 is 8.42 Å². The third-order valence-electron chi connectivity index (χ3n) is 4.05. The lowest BCUT2D eigenvalue weighted by molar-refractivity contribution is 0.598. The summed E-state index contributed by atoms with van der Waals surface area (Å²) in [5.41, 5.74) is 3.22. The molecule has 1 aliphatic heterocycles. The Bertz CT molecular complexity index is 1060. The summed E-state index contributed by atoms with van der Waals surface area (Å²) in [5, 5.41) is 7.43. The maximum Gasteiger partial charge on any atom is 0.231 e. The van der Waals surface area contributed by atoms with Gasteiger partial charge in [0.1, 0.15) is 11.5 Å². The van der Waals surface area contributed by atoms with Gasteiger partial charge in [-0.15, -0.1) is 0 Å². The summed E-state index contributed by atoms with van der Waals surface area (Å²) in [6.07, 6.45) is 1.83. The van der Waals surface area contributed by atoms with Crippen LogP contribution in [0.5, 0.6) is 0 Å². The van der Waals surface area contributed by atoms with E-state index in [0.29, 0.717) is 5.95 Å². The van der Waals surface area contributed by atoms with E-state index in [1.165, 1.54) is 0 Å². The number of nitrogens with zero attached hydrogens (tertiary/aromatic N) is 2. The van der Waals surface area contributed by atoms with Gasteiger partial charge in [0.15, 0.2) is 9.84 Å². The number of fused-ring (bicyclic) bond motifs is 2. The Morgan fingerprint density at radius 3 is 2.72 bits per heavy atom. The smallest absolute Gasteiger partial charge is 0.231 e. The first kappa shape index (κ1) is 15.9. The minimum Gasteiger partial charge on any atom is -0.367 e. The number of aromatic amines is 1. The van der Waals surface area contributed by atoms with Crippen molar-refractivity contribution in [1.82, 2.24) is 15.0 Å². The monoisotopic (exact) mass is 357 g/mol. The first-order valence-electron chi connectivity index (χ1n) is 8.10. The molecule has 3 aromatic rings. The van der Waals surface area contributed by atoms with E-state index in [1.807, 2.05) is 30.5 Å². The lowest BCUT2D eigenvalue weighted by atomic mass is 10.1. The second kappa shape index (κ2) is 5.73. The molecule has 0 unspecified atom stereocenters. The average Bonchev–Trinajstić information content (AvgIpc) is 3.08. The third-order valence-corrected chi connectivity index (χ3v) is 5.56. The third kappa shape index (κ3) is 3.17. The Balaban J connectivity index is 1.67. The number of benzene rings is 1. The summed E-state index contributed by atoms with van der Waals surface area (Å²) in [4.78, 5) is 12.1. The zero-order valence-corrected chi connectivity index (χ0v) is 14.8. The second-order valence-corrected chi connectivity index (χ2v) is 8.64. The fourth-order valence-corrected chi connectivity index (χ4v) is 4.61. The van der Waals surface area contributed by atoms with Crippen molar-refractivity contribution in [3.8, 4) is 0 Å². The molecule has 0 saturated carbocycles. The molecule has 3 heterocycles. The normalized spacial score (nSPS) is 15.5. The average molecular weight is 357 g/mol. The van der Waals surface area contributed by atoms with Crippen molar-refractivity contribution >= 4 is 38.3 Å². The molecule has 0 radical (unpaired) electrons. The van der Waals surface area contributed by atoms with Gasteiger partial charge in [0.05, 0.1) is 16.9 Å². The van der Waals surface area contributed by atoms with Gasteiger partial charge in [-0.3, -0.25) is 0 Å². The van der Waals surface area contributed by atoms with E-state index in [9.17, 15) is 8.42 Å². The summed E-state index contributed by atoms with van der Waals surface area (Å²) < 4.78 is 23.5. The van der Waals surface area contributed by atoms with E-state index in [0.717, 1.165) is 33.7 Å². The number of anilines is 3. The molecule has 0 spiro atoms. The second-order valence-electron chi connectivity index (χ2n) is 6.58. The first-order chi connectivity index (χ1) is 11.9. The van der Waals surface area contributed by atoms with Crippen LogP contribution in [-0.4, -0.2) is 29.4 Å². The lowest BCUT2D eigenvalue weighted by Gasteiger charge is -2.12. The molecular weight excluding hydrogens is 338 g/mol. The minimum absolute atomic E-state index is 0.0918. The predicted molar refractivity (Wildman–Crippen MR) is 98.7 cm³/mol. The molecule has 0 saturated heterocycles. The summed E-state index contributed by atoms with van der Waals surface area (Å²) in [7, 11) is -3.01. The van der Waals surface area contributed by atoms with Gasteiger partial charge in [-0.2, -0.15) is 9.97 Å². The van der Waals surface area contributed by atoms with Crippen LogP contribution in [0.25, 0.3) is 11.0 Å². The molecular formula is C17H19N5O2S. The number of H-pyrrole nitrogens is 1. The van der Waals surface area contributed by atoms with Crippen molar-refractivity contribution in [1.29, 1.82) is 0 Å². The predicted octanol–water partition coefficient (Wildman–Crippen LogP) is 2.95. The molecule has 2 aromatic heterocycles. The SMILES string of the molecule is CC(C)Nc1nc(Nc2ccc3c(c2)CS(=O)(=O)C3)nc2[nH]ccc12. The number of hydrogen-bond donors (Lipinski definition) is 3. The molecule has 0 bridgehead atoms. The number of hydrogen-bond acceptors (Lipinski definition) is 6. The van der Waals surface area contributed by atoms with Gasteiger partial charge in [0, 0.05) is 17.9 Å². The van der Waals surface area contributed by atoms with Crippen molar-refractivity contribution in [2.24, 2.45) is 0 Å². The molecule has 25 heavy (non-hydrogen) atoms. The van der Waals surface area contributed by atoms with Crippen LogP contribution in [0.3, 0.4) is 0 Å². The molecule has 130 valence electrons. The van der Waals surface area contributed by atoms with Gasteiger partial charge in [-0.1, -0.05) is 6.07 Å². The van der Waals surface area contributed by atoms with E-state index in [-0.39, 0.29) is 17.5 Å². The van der Waals surface area contributed by atoms with Crippen molar-refractivity contribution in [2.45, 2.75) is 31.4 Å². The topological polar surface area (TPSA) is 99.8 Å². The fourth-order valence-electron chi connectivity index (χ4n) is 3.01. The van der Waals surface area contributed by atoms with Crippen molar-refractivity contribution in [3.63, 3.8) is 0 Å². The molecule has 1 aromatic carbocycles. The van der Waals surface area contributed by atoms with Crippen molar-refractivity contribution in [2.75, 3.05) is 10.6 Å². The van der Waals surface area contributed by atoms with E-state index in [4.69, 9.17) is 0 Å². The van der Waals surface area contributed by atoms with Gasteiger partial charge in [-0.25, -0.2) is 8.42 Å². The number of sulfone groups is 1. The highest BCUT2D eigenvalue weighted by Gasteiger charge is 2.24. The zero-order chi connectivity index (χ0) is 17.6. The molecule has 7 nitrogen and oxygen atoms in total. The Labute approximate surface area is 145 Å². The highest BCUT2D eigenvalue weighted by molar-refractivity contribution is 7.90. The van der Waals surface area contributed by atoms with E-state index in [1.54, 1.807) is 0 Å². The molecule has 8 heteroatoms. The van der Waals surface area contributed by atoms with Crippen molar-refractivity contribution in [3.05, 3.63) is 41.6 Å². The maximum absolute atomic E-state index is 11.8. The molecule has 4 rings (SSSR count). The van der Waals surface area contributed by atoms with Crippen LogP contribution in [0.4, 0.5) is 17.5 Å². The quantitative estimate of drug-likeness (QED) is 0.664. The maximum atomic E-state index is 11.8. The minimum atomic E-state index is -3.01. The summed E-state index contributed by atoms with van der Waals surface area (Å²) in [6, 6.07) is 7.74. The van der Waals surface area contributed by atoms with Crippen LogP contribution < -0.4 is 10.6 Å². The van der Waals surface area contributed by atoms with Gasteiger partial charge in [-0.05, 0) is 43.2 Å². The highest BCUT2D eigenvalue weighted by atomic mass is 32.2. The summed E-state index contributed by atoms with van der Waals surface area (Å²) in [5.74, 6) is 1.43. The largest absolute Gasteiger partial charge is 0.367 e. The first-order valence-corrected chi connectivity index (χ1v) is 9.93. The molecule has 1 aliphatic rings. The number of nitrogens with one attached hydrogen (secondary N) is 3. The van der Waals surface area contributed by atoms with Gasteiger partial charge < -0.3 is 15.6 Å². The van der Waals surface area contributed by atoms with Crippen LogP contribution >= 0.6 is 0 Å². The van der Waals surface area contributed by atoms with E-state index in [2.05, 4.69) is 39.4 Å². The molecule has 0 fully saturated rings. The van der Waals surface area contributed by atoms with Crippen LogP contribution in [0.2, 0.25) is 0 Å². The van der Waals surface area contributed by atoms with Gasteiger partial charge in [0.2, 0.25) is 5.95 Å². The summed E-state index contributed by atoms with van der Waals surface area (Å²) in [6.45, 7) is 4.10. The fraction of sp³-hybridized carbons (Fsp3) is 0.294. The number of rotatable bonds is 4. The van der Waals surface area contributed by atoms with Crippen LogP contribution in [0.1, 0.15) is 25.0 Å². The summed E-state index contributed by atoms with van der Waals surface area (Å²) >= 11 is 0. The van der Waals surface area contributed by atoms with E-state index >= 15 is 0 Å². The Kier molecular flexibility index (Phi) is 3.64.